The van der Waals surface area contributed by atoms with Crippen molar-refractivity contribution in [1.82, 2.24) is 20.2 Å². The standard InChI is InChI=1S/C26H22ClN5O2/c1-2-29-24(33)19-9-8-18(27)12-20(19)15-7-10-22-21(11-15)23(31-26(28)30-22)25(34)32-13-16-5-3-4-6-17(16)14-32/h3-12H,2,13-14H2,1H3,(H,29,33)(H2,28,30,31). The first kappa shape index (κ1) is 21.9. The number of carbonyl (C=O) groups is 2. The van der Waals surface area contributed by atoms with E-state index < -0.39 is 0 Å². The molecule has 8 heteroatoms. The monoisotopic (exact) mass is 471 g/mol. The number of anilines is 1. The van der Waals surface area contributed by atoms with Gasteiger partial charge in [-0.1, -0.05) is 41.9 Å². The zero-order valence-corrected chi connectivity index (χ0v) is 19.3. The Morgan fingerprint density at radius 3 is 2.47 bits per heavy atom. The summed E-state index contributed by atoms with van der Waals surface area (Å²) in [5.41, 5.74) is 10.8. The van der Waals surface area contributed by atoms with Gasteiger partial charge in [-0.05, 0) is 59.5 Å². The first-order valence-corrected chi connectivity index (χ1v) is 11.3. The van der Waals surface area contributed by atoms with E-state index in [0.717, 1.165) is 16.7 Å². The number of aromatic nitrogens is 2. The molecule has 7 nitrogen and oxygen atoms in total. The van der Waals surface area contributed by atoms with Crippen molar-refractivity contribution in [1.29, 1.82) is 0 Å². The van der Waals surface area contributed by atoms with E-state index in [1.54, 1.807) is 29.2 Å². The first-order valence-electron chi connectivity index (χ1n) is 11.0. The van der Waals surface area contributed by atoms with E-state index in [2.05, 4.69) is 15.3 Å². The molecule has 0 bridgehead atoms. The average Bonchev–Trinajstić information content (AvgIpc) is 3.27. The summed E-state index contributed by atoms with van der Waals surface area (Å²) < 4.78 is 0. The molecular weight excluding hydrogens is 450 g/mol. The maximum absolute atomic E-state index is 13.5. The number of nitrogens with zero attached hydrogens (tertiary/aromatic N) is 3. The zero-order valence-electron chi connectivity index (χ0n) is 18.5. The summed E-state index contributed by atoms with van der Waals surface area (Å²) >= 11 is 6.27. The maximum Gasteiger partial charge on any atom is 0.273 e. The van der Waals surface area contributed by atoms with E-state index in [1.807, 2.05) is 43.3 Å². The van der Waals surface area contributed by atoms with Crippen LogP contribution in [-0.4, -0.2) is 33.2 Å². The third kappa shape index (κ3) is 3.95. The highest BCUT2D eigenvalue weighted by atomic mass is 35.5. The van der Waals surface area contributed by atoms with Crippen LogP contribution in [0.5, 0.6) is 0 Å². The van der Waals surface area contributed by atoms with Crippen LogP contribution in [0.1, 0.15) is 38.9 Å². The lowest BCUT2D eigenvalue weighted by Gasteiger charge is -2.17. The van der Waals surface area contributed by atoms with E-state index in [0.29, 0.717) is 46.7 Å². The van der Waals surface area contributed by atoms with Crippen LogP contribution < -0.4 is 11.1 Å². The van der Waals surface area contributed by atoms with Gasteiger partial charge in [-0.25, -0.2) is 9.97 Å². The highest BCUT2D eigenvalue weighted by Crippen LogP contribution is 2.32. The summed E-state index contributed by atoms with van der Waals surface area (Å²) in [6.45, 7) is 3.38. The molecule has 0 aliphatic carbocycles. The molecule has 1 aromatic heterocycles. The van der Waals surface area contributed by atoms with Crippen LogP contribution in [0.4, 0.5) is 5.95 Å². The second kappa shape index (κ2) is 8.76. The number of benzene rings is 3. The molecule has 0 spiro atoms. The number of fused-ring (bicyclic) bond motifs is 2. The fourth-order valence-corrected chi connectivity index (χ4v) is 4.48. The van der Waals surface area contributed by atoms with Crippen LogP contribution >= 0.6 is 11.6 Å². The normalized spacial score (nSPS) is 12.6. The second-order valence-corrected chi connectivity index (χ2v) is 8.58. The minimum Gasteiger partial charge on any atom is -0.368 e. The van der Waals surface area contributed by atoms with Crippen molar-refractivity contribution in [2.45, 2.75) is 20.0 Å². The number of carbonyl (C=O) groups excluding carboxylic acids is 2. The number of hydrogen-bond acceptors (Lipinski definition) is 5. The van der Waals surface area contributed by atoms with Crippen molar-refractivity contribution < 1.29 is 9.59 Å². The zero-order chi connectivity index (χ0) is 23.8. The third-order valence-corrected chi connectivity index (χ3v) is 6.15. The Bertz CT molecular complexity index is 1430. The number of nitrogen functional groups attached to an aromatic ring is 1. The van der Waals surface area contributed by atoms with Crippen LogP contribution in [0.15, 0.2) is 60.7 Å². The van der Waals surface area contributed by atoms with Gasteiger partial charge in [0.05, 0.1) is 5.52 Å². The van der Waals surface area contributed by atoms with Crippen LogP contribution in [0.2, 0.25) is 5.02 Å². The molecule has 34 heavy (non-hydrogen) atoms. The molecule has 2 amide bonds. The number of halogens is 1. The van der Waals surface area contributed by atoms with Gasteiger partial charge in [-0.15, -0.1) is 0 Å². The number of amides is 2. The Balaban J connectivity index is 1.61. The lowest BCUT2D eigenvalue weighted by Crippen LogP contribution is -2.27. The Morgan fingerprint density at radius 2 is 1.76 bits per heavy atom. The molecule has 3 N–H and O–H groups in total. The van der Waals surface area contributed by atoms with Crippen molar-refractivity contribution in [3.63, 3.8) is 0 Å². The Hall–Kier alpha value is -3.97. The molecule has 1 aliphatic heterocycles. The van der Waals surface area contributed by atoms with Gasteiger partial charge < -0.3 is 16.0 Å². The Morgan fingerprint density at radius 1 is 1.03 bits per heavy atom. The summed E-state index contributed by atoms with van der Waals surface area (Å²) in [5.74, 6) is -0.387. The molecular formula is C26H22ClN5O2. The van der Waals surface area contributed by atoms with Crippen LogP contribution in [-0.2, 0) is 13.1 Å². The largest absolute Gasteiger partial charge is 0.368 e. The van der Waals surface area contributed by atoms with E-state index in [-0.39, 0.29) is 23.5 Å². The van der Waals surface area contributed by atoms with E-state index in [1.165, 1.54) is 0 Å². The summed E-state index contributed by atoms with van der Waals surface area (Å²) in [4.78, 5) is 36.6. The molecule has 5 rings (SSSR count). The molecule has 0 fully saturated rings. The third-order valence-electron chi connectivity index (χ3n) is 5.92. The minimum atomic E-state index is -0.220. The van der Waals surface area contributed by atoms with Gasteiger partial charge in [0.1, 0.15) is 5.69 Å². The number of nitrogens with two attached hydrogens (primary N) is 1. The molecule has 4 aromatic rings. The van der Waals surface area contributed by atoms with Gasteiger partial charge in [-0.2, -0.15) is 0 Å². The summed E-state index contributed by atoms with van der Waals surface area (Å²) in [5, 5.41) is 3.89. The minimum absolute atomic E-state index is 0.0334. The lowest BCUT2D eigenvalue weighted by molar-refractivity contribution is 0.0747. The van der Waals surface area contributed by atoms with E-state index >= 15 is 0 Å². The van der Waals surface area contributed by atoms with Crippen molar-refractivity contribution in [2.24, 2.45) is 0 Å². The highest BCUT2D eigenvalue weighted by molar-refractivity contribution is 6.31. The molecule has 170 valence electrons. The average molecular weight is 472 g/mol. The molecule has 3 aromatic carbocycles. The van der Waals surface area contributed by atoms with Crippen LogP contribution in [0.25, 0.3) is 22.0 Å². The maximum atomic E-state index is 13.5. The predicted molar refractivity (Wildman–Crippen MR) is 132 cm³/mol. The smallest absolute Gasteiger partial charge is 0.273 e. The summed E-state index contributed by atoms with van der Waals surface area (Å²) in [6.07, 6.45) is 0. The van der Waals surface area contributed by atoms with Gasteiger partial charge in [0, 0.05) is 35.6 Å². The van der Waals surface area contributed by atoms with Gasteiger partial charge in [0.25, 0.3) is 11.8 Å². The SMILES string of the molecule is CCNC(=O)c1ccc(Cl)cc1-c1ccc2nc(N)nc(C(=O)N3Cc4ccccc4C3)c2c1. The molecule has 0 unspecified atom stereocenters. The van der Waals surface area contributed by atoms with Crippen molar-refractivity contribution >= 4 is 40.3 Å². The van der Waals surface area contributed by atoms with Crippen molar-refractivity contribution in [3.05, 3.63) is 88.1 Å². The molecule has 1 aliphatic rings. The molecule has 0 saturated carbocycles. The van der Waals surface area contributed by atoms with Crippen molar-refractivity contribution in [2.75, 3.05) is 12.3 Å². The fraction of sp³-hybridized carbons (Fsp3) is 0.154. The predicted octanol–water partition coefficient (Wildman–Crippen LogP) is 4.44. The topological polar surface area (TPSA) is 101 Å². The molecule has 0 atom stereocenters. The van der Waals surface area contributed by atoms with Gasteiger partial charge in [-0.3, -0.25) is 9.59 Å². The van der Waals surface area contributed by atoms with Crippen molar-refractivity contribution in [3.8, 4) is 11.1 Å². The van der Waals surface area contributed by atoms with Crippen LogP contribution in [0, 0.1) is 0 Å². The molecule has 2 heterocycles. The second-order valence-electron chi connectivity index (χ2n) is 8.14. The molecule has 0 radical (unpaired) electrons. The lowest BCUT2D eigenvalue weighted by atomic mass is 9.97. The van der Waals surface area contributed by atoms with Gasteiger partial charge >= 0.3 is 0 Å². The van der Waals surface area contributed by atoms with Gasteiger partial charge in [0.15, 0.2) is 0 Å². The quantitative estimate of drug-likeness (QED) is 0.458. The summed E-state index contributed by atoms with van der Waals surface area (Å²) in [6, 6.07) is 18.5. The summed E-state index contributed by atoms with van der Waals surface area (Å²) in [7, 11) is 0. The molecule has 0 saturated heterocycles. The fourth-order valence-electron chi connectivity index (χ4n) is 4.31. The highest BCUT2D eigenvalue weighted by Gasteiger charge is 2.27. The van der Waals surface area contributed by atoms with E-state index in [9.17, 15) is 9.59 Å². The number of hydrogen-bond donors (Lipinski definition) is 2. The van der Waals surface area contributed by atoms with Gasteiger partial charge in [0.2, 0.25) is 5.95 Å². The van der Waals surface area contributed by atoms with Crippen LogP contribution in [0.3, 0.4) is 0 Å². The Kier molecular flexibility index (Phi) is 5.63. The first-order chi connectivity index (χ1) is 16.4. The Labute approximate surface area is 201 Å². The number of rotatable bonds is 4. The van der Waals surface area contributed by atoms with E-state index in [4.69, 9.17) is 17.3 Å². The number of nitrogens with one attached hydrogen (secondary N) is 1.